The first-order chi connectivity index (χ1) is 4.27. The van der Waals surface area contributed by atoms with Crippen molar-refractivity contribution in [3.05, 3.63) is 11.1 Å². The first-order valence-electron chi connectivity index (χ1n) is 2.88. The summed E-state index contributed by atoms with van der Waals surface area (Å²) in [6.07, 6.45) is -1.70. The highest BCUT2D eigenvalue weighted by Gasteiger charge is 1.99. The molecule has 0 rings (SSSR count). The number of rotatable bonds is 0. The van der Waals surface area contributed by atoms with Crippen molar-refractivity contribution in [1.29, 1.82) is 0 Å². The number of hydrogen-bond donors (Lipinski definition) is 0. The maximum Gasteiger partial charge on any atom is 0.277 e. The van der Waals surface area contributed by atoms with E-state index < -0.39 is 14.2 Å². The molecule has 0 radical (unpaired) electrons. The Morgan fingerprint density at radius 3 is 1.30 bits per heavy atom. The van der Waals surface area contributed by atoms with Crippen LogP contribution in [0.25, 0.3) is 0 Å². The molecule has 4 heteroatoms. The van der Waals surface area contributed by atoms with E-state index in [1.165, 1.54) is 0 Å². The number of halogens is 3. The van der Waals surface area contributed by atoms with Crippen LogP contribution in [0, 0.1) is 0 Å². The molecule has 0 saturated carbocycles. The highest BCUT2D eigenvalue weighted by atomic mass is 79.9. The quantitative estimate of drug-likeness (QED) is 0.551. The Bertz CT molecular complexity index is 96.8. The summed E-state index contributed by atoms with van der Waals surface area (Å²) in [5.74, 6) is 0. The van der Waals surface area contributed by atoms with Crippen LogP contribution in [0.15, 0.2) is 11.1 Å². The van der Waals surface area contributed by atoms with Crippen LogP contribution in [0.1, 0.15) is 0 Å². The Kier molecular flexibility index (Phi) is 7.80. The van der Waals surface area contributed by atoms with Crippen molar-refractivity contribution in [3.8, 4) is 0 Å². The molecule has 0 bridgehead atoms. The maximum absolute atomic E-state index is 10.6. The monoisotopic (exact) mass is 230 g/mol. The minimum atomic E-state index is -1.70. The summed E-state index contributed by atoms with van der Waals surface area (Å²) in [5.41, 5.74) is 0. The van der Waals surface area contributed by atoms with Crippen LogP contribution in [0.3, 0.4) is 0 Å². The van der Waals surface area contributed by atoms with Crippen LogP contribution in [0.2, 0.25) is 26.2 Å². The fourth-order valence-corrected chi connectivity index (χ4v) is 0. The molecule has 0 spiro atoms. The fourth-order valence-electron chi connectivity index (χ4n) is 0. The van der Waals surface area contributed by atoms with E-state index in [-0.39, 0.29) is 0 Å². The zero-order valence-corrected chi connectivity index (χ0v) is 9.30. The summed E-state index contributed by atoms with van der Waals surface area (Å²) in [6.45, 7) is 9.31. The van der Waals surface area contributed by atoms with Gasteiger partial charge in [-0.1, -0.05) is 42.1 Å². The Morgan fingerprint density at radius 1 is 1.20 bits per heavy atom. The van der Waals surface area contributed by atoms with Crippen molar-refractivity contribution in [1.82, 2.24) is 0 Å². The van der Waals surface area contributed by atoms with Crippen molar-refractivity contribution >= 4 is 24.0 Å². The average Bonchev–Trinajstić information content (AvgIpc) is 1.61. The van der Waals surface area contributed by atoms with Gasteiger partial charge >= 0.3 is 0 Å². The standard InChI is InChI=1S/C4H12Si.C2HBrF2/c1-5(2,3)4;3-1-2(4)5/h1-4H3;1H. The Labute approximate surface area is 70.5 Å². The molecule has 0 unspecified atom stereocenters. The molecule has 10 heavy (non-hydrogen) atoms. The fraction of sp³-hybridized carbons (Fsp3) is 0.667. The van der Waals surface area contributed by atoms with Crippen molar-refractivity contribution < 1.29 is 8.78 Å². The summed E-state index contributed by atoms with van der Waals surface area (Å²) in [5, 5.41) is 0. The van der Waals surface area contributed by atoms with E-state index >= 15 is 0 Å². The molecular weight excluding hydrogens is 218 g/mol. The van der Waals surface area contributed by atoms with Crippen LogP contribution >= 0.6 is 15.9 Å². The minimum absolute atomic E-state index is 0.562. The van der Waals surface area contributed by atoms with Crippen molar-refractivity contribution in [2.24, 2.45) is 0 Å². The predicted molar refractivity (Wildman–Crippen MR) is 48.4 cm³/mol. The van der Waals surface area contributed by atoms with Crippen molar-refractivity contribution in [2.45, 2.75) is 26.2 Å². The van der Waals surface area contributed by atoms with Gasteiger partial charge in [-0.3, -0.25) is 0 Å². The van der Waals surface area contributed by atoms with E-state index in [2.05, 4.69) is 42.1 Å². The van der Waals surface area contributed by atoms with Gasteiger partial charge in [-0.25, -0.2) is 0 Å². The molecule has 0 aliphatic heterocycles. The Hall–Kier alpha value is 0.297. The molecule has 0 aliphatic rings. The van der Waals surface area contributed by atoms with Gasteiger partial charge < -0.3 is 0 Å². The SMILES string of the molecule is C[Si](C)(C)C.FC(F)=CBr. The normalized spacial score (nSPS) is 9.50. The minimum Gasteiger partial charge on any atom is -0.173 e. The van der Waals surface area contributed by atoms with Crippen LogP contribution in [0.5, 0.6) is 0 Å². The lowest BCUT2D eigenvalue weighted by molar-refractivity contribution is 0.424. The highest BCUT2D eigenvalue weighted by Crippen LogP contribution is 1.98. The summed E-state index contributed by atoms with van der Waals surface area (Å²) in [6, 6.07) is 0. The molecule has 62 valence electrons. The molecule has 0 fully saturated rings. The molecule has 0 aromatic rings. The lowest BCUT2D eigenvalue weighted by atomic mass is 11.2. The molecule has 0 saturated heterocycles. The summed E-state index contributed by atoms with van der Waals surface area (Å²) in [7, 11) is -0.611. The molecule has 0 N–H and O–H groups in total. The van der Waals surface area contributed by atoms with E-state index in [0.717, 1.165) is 0 Å². The van der Waals surface area contributed by atoms with E-state index in [4.69, 9.17) is 0 Å². The van der Waals surface area contributed by atoms with Crippen LogP contribution < -0.4 is 0 Å². The third-order valence-corrected chi connectivity index (χ3v) is 0.429. The molecule has 0 atom stereocenters. The van der Waals surface area contributed by atoms with E-state index in [9.17, 15) is 8.78 Å². The molecule has 0 aliphatic carbocycles. The second kappa shape index (κ2) is 6.04. The van der Waals surface area contributed by atoms with Gasteiger partial charge in [0.25, 0.3) is 6.08 Å². The van der Waals surface area contributed by atoms with Gasteiger partial charge in [0, 0.05) is 13.1 Å². The zero-order chi connectivity index (χ0) is 8.78. The largest absolute Gasteiger partial charge is 0.277 e. The Morgan fingerprint density at radius 2 is 1.30 bits per heavy atom. The second-order valence-electron chi connectivity index (χ2n) is 3.40. The summed E-state index contributed by atoms with van der Waals surface area (Å²) >= 11 is 2.40. The smallest absolute Gasteiger partial charge is 0.173 e. The Balaban J connectivity index is 0. The van der Waals surface area contributed by atoms with E-state index in [1.807, 2.05) is 0 Å². The second-order valence-corrected chi connectivity index (χ2v) is 9.86. The summed E-state index contributed by atoms with van der Waals surface area (Å²) in [4.78, 5) is 0.562. The lowest BCUT2D eigenvalue weighted by Crippen LogP contribution is -2.10. The van der Waals surface area contributed by atoms with E-state index in [1.54, 1.807) is 0 Å². The zero-order valence-electron chi connectivity index (χ0n) is 6.71. The topological polar surface area (TPSA) is 0 Å². The average molecular weight is 231 g/mol. The summed E-state index contributed by atoms with van der Waals surface area (Å²) < 4.78 is 21.2. The van der Waals surface area contributed by atoms with E-state index in [0.29, 0.717) is 4.99 Å². The van der Waals surface area contributed by atoms with Crippen molar-refractivity contribution in [2.75, 3.05) is 0 Å². The molecule has 0 aromatic heterocycles. The van der Waals surface area contributed by atoms with Gasteiger partial charge in [-0.15, -0.1) is 0 Å². The van der Waals surface area contributed by atoms with Crippen LogP contribution in [-0.2, 0) is 0 Å². The van der Waals surface area contributed by atoms with Crippen molar-refractivity contribution in [3.63, 3.8) is 0 Å². The highest BCUT2D eigenvalue weighted by molar-refractivity contribution is 9.11. The maximum atomic E-state index is 10.6. The molecular formula is C6H13BrF2Si. The van der Waals surface area contributed by atoms with Gasteiger partial charge in [0.1, 0.15) is 0 Å². The third-order valence-electron chi connectivity index (χ3n) is 0.0825. The lowest BCUT2D eigenvalue weighted by Gasteiger charge is -2.01. The predicted octanol–water partition coefficient (Wildman–Crippen LogP) is 4.07. The van der Waals surface area contributed by atoms with Gasteiger partial charge in [0.05, 0.1) is 0 Å². The number of hydrogen-bond acceptors (Lipinski definition) is 0. The van der Waals surface area contributed by atoms with Gasteiger partial charge in [-0.2, -0.15) is 8.78 Å². The molecule has 0 nitrogen and oxygen atoms in total. The van der Waals surface area contributed by atoms with Gasteiger partial charge in [-0.05, 0) is 0 Å². The van der Waals surface area contributed by atoms with Gasteiger partial charge in [0.15, 0.2) is 0 Å². The van der Waals surface area contributed by atoms with Crippen LogP contribution in [-0.4, -0.2) is 8.07 Å². The molecule has 0 heterocycles. The molecule has 0 aromatic carbocycles. The third kappa shape index (κ3) is 83.7. The van der Waals surface area contributed by atoms with Crippen LogP contribution in [0.4, 0.5) is 8.78 Å². The molecule has 0 amide bonds. The first-order valence-corrected chi connectivity index (χ1v) is 7.80. The van der Waals surface area contributed by atoms with Gasteiger partial charge in [0.2, 0.25) is 0 Å². The first kappa shape index (κ1) is 12.9.